The molecule has 4 fully saturated rings. The summed E-state index contributed by atoms with van der Waals surface area (Å²) in [5, 5.41) is 6.64. The molecule has 0 bridgehead atoms. The Balaban J connectivity index is 0.775. The Morgan fingerprint density at radius 3 is 2.45 bits per heavy atom. The predicted molar refractivity (Wildman–Crippen MR) is 228 cm³/mol. The predicted octanol–water partition coefficient (Wildman–Crippen LogP) is 5.78. The Kier molecular flexibility index (Phi) is 10.1. The number of imide groups is 1. The fourth-order valence-electron chi connectivity index (χ4n) is 9.54. The van der Waals surface area contributed by atoms with Crippen LogP contribution in [-0.2, 0) is 16.6 Å². The quantitative estimate of drug-likeness (QED) is 0.145. The van der Waals surface area contributed by atoms with Crippen LogP contribution < -0.4 is 26.8 Å². The summed E-state index contributed by atoms with van der Waals surface area (Å²) in [6.45, 7) is 12.2. The number of nitrogens with zero attached hydrogens (tertiary/aromatic N) is 8. The number of carbonyl (C=O) groups excluding carboxylic acids is 2. The van der Waals surface area contributed by atoms with Gasteiger partial charge in [-0.15, -0.1) is 0 Å². The van der Waals surface area contributed by atoms with Gasteiger partial charge in [0.15, 0.2) is 0 Å². The van der Waals surface area contributed by atoms with Crippen molar-refractivity contribution >= 4 is 74.8 Å². The summed E-state index contributed by atoms with van der Waals surface area (Å²) < 4.78 is 7.32. The number of para-hydroxylation sites is 1. The zero-order valence-corrected chi connectivity index (χ0v) is 34.9. The number of likely N-dealkylation sites (tertiary alicyclic amines) is 1. The van der Waals surface area contributed by atoms with Crippen LogP contribution in [0.15, 0.2) is 63.1 Å². The van der Waals surface area contributed by atoms with Crippen LogP contribution in [0.25, 0.3) is 22.1 Å². The van der Waals surface area contributed by atoms with Crippen molar-refractivity contribution in [1.82, 2.24) is 38.2 Å². The molecule has 9 rings (SSSR count). The summed E-state index contributed by atoms with van der Waals surface area (Å²) >= 11 is 8.02. The number of pyridine rings is 1. The van der Waals surface area contributed by atoms with Gasteiger partial charge in [0.2, 0.25) is 17.8 Å². The van der Waals surface area contributed by atoms with E-state index in [4.69, 9.17) is 16.6 Å². The van der Waals surface area contributed by atoms with E-state index in [0.717, 1.165) is 92.9 Å². The second-order valence-electron chi connectivity index (χ2n) is 16.8. The first-order valence-corrected chi connectivity index (χ1v) is 21.4. The monoisotopic (exact) mass is 824 g/mol. The molecule has 2 N–H and O–H groups in total. The highest BCUT2D eigenvalue weighted by atomic mass is 35.5. The molecule has 304 valence electrons. The van der Waals surface area contributed by atoms with Gasteiger partial charge < -0.3 is 10.2 Å². The van der Waals surface area contributed by atoms with Crippen LogP contribution in [0.4, 0.5) is 17.3 Å². The highest BCUT2D eigenvalue weighted by Crippen LogP contribution is 2.45. The molecule has 1 atom stereocenters. The number of aryl methyl sites for hydroxylation is 2. The minimum atomic E-state index is -0.687. The van der Waals surface area contributed by atoms with Gasteiger partial charge in [0.25, 0.3) is 5.56 Å². The van der Waals surface area contributed by atoms with E-state index in [-0.39, 0.29) is 34.6 Å². The molecular formula is C42H49ClN10O4S. The number of rotatable bonds is 8. The maximum Gasteiger partial charge on any atom is 0.329 e. The normalized spacial score (nSPS) is 20.7. The summed E-state index contributed by atoms with van der Waals surface area (Å²) in [4.78, 5) is 66.2. The molecule has 16 heteroatoms. The Morgan fingerprint density at radius 1 is 0.983 bits per heavy atom. The van der Waals surface area contributed by atoms with Gasteiger partial charge in [-0.05, 0) is 112 Å². The van der Waals surface area contributed by atoms with E-state index in [1.165, 1.54) is 4.90 Å². The number of halogens is 1. The fraction of sp³-hybridized carbons (Fsp3) is 0.476. The van der Waals surface area contributed by atoms with Crippen molar-refractivity contribution in [1.29, 1.82) is 0 Å². The maximum atomic E-state index is 13.5. The molecule has 0 saturated carbocycles. The number of hydrogen-bond donors (Lipinski definition) is 2. The van der Waals surface area contributed by atoms with E-state index in [1.54, 1.807) is 33.0 Å². The van der Waals surface area contributed by atoms with Crippen LogP contribution in [0.5, 0.6) is 0 Å². The highest BCUT2D eigenvalue weighted by molar-refractivity contribution is 7.97. The zero-order chi connectivity index (χ0) is 40.5. The number of hydrogen-bond acceptors (Lipinski definition) is 11. The molecule has 2 amide bonds. The Labute approximate surface area is 345 Å². The van der Waals surface area contributed by atoms with Gasteiger partial charge in [0.05, 0.1) is 16.7 Å². The van der Waals surface area contributed by atoms with Crippen molar-refractivity contribution in [3.05, 3.63) is 80.1 Å². The number of carbonyl (C=O) groups is 2. The van der Waals surface area contributed by atoms with Gasteiger partial charge in [-0.2, -0.15) is 4.98 Å². The first kappa shape index (κ1) is 38.8. The topological polar surface area (TPSA) is 143 Å². The number of imidazole rings is 1. The SMILES string of the molecule is Cc1cc(SN2CCC(N3CC4(CCN(c5cccc6c5n(C)c(=O)n6C5CCC(=O)NC5=O)CC4)C3)CC2)ccc1Nc1ncc2cc(Cl)c(=O)n(C(C)C)c2n1. The second kappa shape index (κ2) is 15.2. The van der Waals surface area contributed by atoms with Crippen LogP contribution in [0, 0.1) is 12.3 Å². The number of piperidine rings is 3. The van der Waals surface area contributed by atoms with Gasteiger partial charge >= 0.3 is 5.69 Å². The van der Waals surface area contributed by atoms with Gasteiger partial charge in [-0.1, -0.05) is 17.7 Å². The molecular weight excluding hydrogens is 776 g/mol. The van der Waals surface area contributed by atoms with Crippen LogP contribution in [0.1, 0.15) is 70.0 Å². The van der Waals surface area contributed by atoms with E-state index < -0.39 is 11.9 Å². The van der Waals surface area contributed by atoms with E-state index in [2.05, 4.69) is 60.9 Å². The number of fused-ring (bicyclic) bond motifs is 2. The minimum Gasteiger partial charge on any atom is -0.370 e. The Morgan fingerprint density at radius 2 is 1.74 bits per heavy atom. The fourth-order valence-corrected chi connectivity index (χ4v) is 10.8. The van der Waals surface area contributed by atoms with Crippen LogP contribution in [-0.4, -0.2) is 90.0 Å². The molecule has 4 aliphatic heterocycles. The number of anilines is 3. The lowest BCUT2D eigenvalue weighted by Gasteiger charge is -2.57. The zero-order valence-electron chi connectivity index (χ0n) is 33.3. The van der Waals surface area contributed by atoms with Gasteiger partial charge in [0.1, 0.15) is 16.7 Å². The lowest BCUT2D eigenvalue weighted by molar-refractivity contribution is -0.135. The van der Waals surface area contributed by atoms with E-state index in [9.17, 15) is 19.2 Å². The summed E-state index contributed by atoms with van der Waals surface area (Å²) in [5.74, 6) is -0.270. The van der Waals surface area contributed by atoms with Crippen molar-refractivity contribution in [2.45, 2.75) is 82.3 Å². The molecule has 0 aliphatic carbocycles. The standard InChI is InChI=1S/C42H49ClN10O4S/c1-25(2)52-37-27(21-30(43)39(52)56)22-44-40(47-37)45-31-9-8-29(20-26(31)3)58-51-16-12-28(13-17-51)50-23-42(24-50)14-18-49(19-15-42)32-6-5-7-33-36(32)48(4)41(57)53(33)34-10-11-35(54)46-38(34)55/h5-9,20-22,25,28,34H,10-19,23-24H2,1-4H3,(H,44,45,47)(H,46,54,55). The van der Waals surface area contributed by atoms with Gasteiger partial charge in [-0.25, -0.2) is 14.1 Å². The third-order valence-electron chi connectivity index (χ3n) is 12.7. The van der Waals surface area contributed by atoms with Crippen LogP contribution in [0.3, 0.4) is 0 Å². The summed E-state index contributed by atoms with van der Waals surface area (Å²) in [7, 11) is 1.78. The third kappa shape index (κ3) is 6.99. The molecule has 4 saturated heterocycles. The molecule has 5 aromatic rings. The molecule has 3 aromatic heterocycles. The molecule has 1 spiro atoms. The molecule has 0 radical (unpaired) electrons. The van der Waals surface area contributed by atoms with Gasteiger partial charge in [0, 0.05) is 87.0 Å². The maximum absolute atomic E-state index is 13.5. The van der Waals surface area contributed by atoms with E-state index >= 15 is 0 Å². The number of aromatic nitrogens is 5. The first-order valence-electron chi connectivity index (χ1n) is 20.3. The van der Waals surface area contributed by atoms with Crippen LogP contribution >= 0.6 is 23.5 Å². The summed E-state index contributed by atoms with van der Waals surface area (Å²) in [5.41, 5.74) is 5.02. The van der Waals surface area contributed by atoms with E-state index in [1.807, 2.05) is 37.9 Å². The summed E-state index contributed by atoms with van der Waals surface area (Å²) in [6, 6.07) is 13.8. The van der Waals surface area contributed by atoms with Crippen molar-refractivity contribution < 1.29 is 9.59 Å². The number of amides is 2. The van der Waals surface area contributed by atoms with Gasteiger partial charge in [-0.3, -0.25) is 38.3 Å². The third-order valence-corrected chi connectivity index (χ3v) is 14.1. The average Bonchev–Trinajstić information content (AvgIpc) is 3.44. The van der Waals surface area contributed by atoms with E-state index in [0.29, 0.717) is 34.9 Å². The molecule has 2 aromatic carbocycles. The minimum absolute atomic E-state index is 0.101. The highest BCUT2D eigenvalue weighted by Gasteiger charge is 2.47. The molecule has 4 aliphatic rings. The molecule has 7 heterocycles. The lowest BCUT2D eigenvalue weighted by Crippen LogP contribution is -2.64. The molecule has 1 unspecified atom stereocenters. The number of nitrogens with one attached hydrogen (secondary N) is 2. The van der Waals surface area contributed by atoms with Crippen LogP contribution in [0.2, 0.25) is 5.02 Å². The van der Waals surface area contributed by atoms with Crippen molar-refractivity contribution in [2.24, 2.45) is 12.5 Å². The van der Waals surface area contributed by atoms with Crippen molar-refractivity contribution in [3.63, 3.8) is 0 Å². The van der Waals surface area contributed by atoms with Crippen molar-refractivity contribution in [2.75, 3.05) is 49.5 Å². The Bertz CT molecular complexity index is 2560. The number of benzene rings is 2. The first-order chi connectivity index (χ1) is 27.9. The Hall–Kier alpha value is -4.70. The molecule has 14 nitrogen and oxygen atoms in total. The summed E-state index contributed by atoms with van der Waals surface area (Å²) in [6.07, 6.45) is 6.78. The van der Waals surface area contributed by atoms with Crippen molar-refractivity contribution in [3.8, 4) is 0 Å². The largest absolute Gasteiger partial charge is 0.370 e. The smallest absolute Gasteiger partial charge is 0.329 e. The molecule has 58 heavy (non-hydrogen) atoms. The average molecular weight is 825 g/mol. The lowest BCUT2D eigenvalue weighted by atomic mass is 9.71. The second-order valence-corrected chi connectivity index (χ2v) is 18.4.